The maximum absolute atomic E-state index is 5.10. The summed E-state index contributed by atoms with van der Waals surface area (Å²) >= 11 is 0. The minimum atomic E-state index is -1.95. The molecular weight excluding hydrogens is 553 g/mol. The highest BCUT2D eigenvalue weighted by Gasteiger charge is 2.36. The maximum atomic E-state index is 5.10. The molecule has 0 N–H and O–H groups in total. The zero-order chi connectivity index (χ0) is 29.3. The van der Waals surface area contributed by atoms with Gasteiger partial charge in [-0.05, 0) is 91.2 Å². The van der Waals surface area contributed by atoms with Gasteiger partial charge in [-0.2, -0.15) is 0 Å². The van der Waals surface area contributed by atoms with Crippen molar-refractivity contribution in [2.45, 2.75) is 32.4 Å². The van der Waals surface area contributed by atoms with Crippen LogP contribution in [0.1, 0.15) is 18.5 Å². The van der Waals surface area contributed by atoms with Gasteiger partial charge in [0, 0.05) is 42.2 Å². The monoisotopic (exact) mass is 584 g/mol. The lowest BCUT2D eigenvalue weighted by Gasteiger charge is -2.43. The third-order valence-electron chi connectivity index (χ3n) is 8.57. The van der Waals surface area contributed by atoms with E-state index in [4.69, 9.17) is 4.98 Å². The lowest BCUT2D eigenvalue weighted by atomic mass is 10.0. The van der Waals surface area contributed by atoms with Gasteiger partial charge >= 0.3 is 0 Å². The van der Waals surface area contributed by atoms with E-state index in [0.717, 1.165) is 18.5 Å². The molecule has 7 aromatic rings. The number of para-hydroxylation sites is 2. The molecule has 44 heavy (non-hydrogen) atoms. The quantitative estimate of drug-likeness (QED) is 0.190. The summed E-state index contributed by atoms with van der Waals surface area (Å²) in [6, 6.07) is 53.2. The van der Waals surface area contributed by atoms with Gasteiger partial charge in [0.1, 0.15) is 0 Å². The summed E-state index contributed by atoms with van der Waals surface area (Å²) in [5.74, 6) is 0. The molecule has 212 valence electrons. The van der Waals surface area contributed by atoms with Crippen LogP contribution in [0.15, 0.2) is 190 Å². The van der Waals surface area contributed by atoms with Gasteiger partial charge in [-0.15, -0.1) is 10.0 Å². The van der Waals surface area contributed by atoms with Crippen molar-refractivity contribution in [2.24, 2.45) is 0 Å². The number of pyridine rings is 1. The fraction of sp³-hybridized carbons (Fsp3) is 0.0488. The smallest absolute Gasteiger partial charge is 0.0828 e. The number of rotatable bonds is 6. The molecule has 0 spiro atoms. The van der Waals surface area contributed by atoms with Crippen LogP contribution >= 0.6 is 10.0 Å². The summed E-state index contributed by atoms with van der Waals surface area (Å²) < 4.78 is 2.39. The Labute approximate surface area is 260 Å². The van der Waals surface area contributed by atoms with Crippen molar-refractivity contribution in [2.75, 3.05) is 0 Å². The molecule has 3 heteroatoms. The SMILES string of the molecule is C1=CC(c2ncccc2S(c2ccccc2)(c2ccccc2)c2ccc3c(c2)c2ccccc2n3-c2ccccc2)=CCC1. The highest BCUT2D eigenvalue weighted by atomic mass is 32.3. The van der Waals surface area contributed by atoms with Gasteiger partial charge < -0.3 is 4.57 Å². The van der Waals surface area contributed by atoms with E-state index in [-0.39, 0.29) is 0 Å². The molecule has 8 rings (SSSR count). The summed E-state index contributed by atoms with van der Waals surface area (Å²) in [7, 11) is -1.95. The normalized spacial score (nSPS) is 13.7. The van der Waals surface area contributed by atoms with Crippen molar-refractivity contribution in [3.8, 4) is 5.69 Å². The van der Waals surface area contributed by atoms with E-state index >= 15 is 0 Å². The van der Waals surface area contributed by atoms with Crippen LogP contribution in [-0.2, 0) is 0 Å². The Hall–Kier alpha value is -5.12. The Kier molecular flexibility index (Phi) is 6.74. The highest BCUT2D eigenvalue weighted by Crippen LogP contribution is 2.74. The first kappa shape index (κ1) is 26.5. The van der Waals surface area contributed by atoms with Crippen LogP contribution in [0.4, 0.5) is 0 Å². The van der Waals surface area contributed by atoms with Crippen molar-refractivity contribution < 1.29 is 0 Å². The van der Waals surface area contributed by atoms with Gasteiger partial charge in [-0.3, -0.25) is 4.98 Å². The van der Waals surface area contributed by atoms with Gasteiger partial charge in [0.2, 0.25) is 0 Å². The fourth-order valence-electron chi connectivity index (χ4n) is 6.68. The molecule has 1 aliphatic rings. The van der Waals surface area contributed by atoms with E-state index in [9.17, 15) is 0 Å². The standard InChI is InChI=1S/C41H32N2S/c1-5-16-31(17-6-1)41-40(26-15-29-42-41)44(33-20-9-3-10-21-33,34-22-11-4-12-23-34)35-27-28-39-37(30-35)36-24-13-14-25-38(36)43(39)32-18-7-2-8-19-32/h2-5,7-30H,1,6H2. The van der Waals surface area contributed by atoms with Crippen LogP contribution in [0.2, 0.25) is 0 Å². The van der Waals surface area contributed by atoms with Crippen molar-refractivity contribution in [3.63, 3.8) is 0 Å². The molecule has 0 aliphatic heterocycles. The Morgan fingerprint density at radius 3 is 1.91 bits per heavy atom. The second-order valence-corrected chi connectivity index (χ2v) is 14.2. The van der Waals surface area contributed by atoms with Crippen LogP contribution in [0.25, 0.3) is 33.1 Å². The summed E-state index contributed by atoms with van der Waals surface area (Å²) in [5, 5.41) is 2.51. The highest BCUT2D eigenvalue weighted by molar-refractivity contribution is 8.34. The molecule has 0 bridgehead atoms. The van der Waals surface area contributed by atoms with Gasteiger partial charge in [-0.25, -0.2) is 0 Å². The molecule has 2 aromatic heterocycles. The molecule has 0 unspecified atom stereocenters. The molecule has 5 aromatic carbocycles. The summed E-state index contributed by atoms with van der Waals surface area (Å²) in [4.78, 5) is 10.3. The van der Waals surface area contributed by atoms with Crippen LogP contribution in [0.3, 0.4) is 0 Å². The number of benzene rings is 5. The zero-order valence-corrected chi connectivity index (χ0v) is 25.2. The molecule has 0 radical (unpaired) electrons. The van der Waals surface area contributed by atoms with E-state index in [1.165, 1.54) is 52.6 Å². The maximum Gasteiger partial charge on any atom is 0.0828 e. The van der Waals surface area contributed by atoms with Crippen molar-refractivity contribution in [1.82, 2.24) is 9.55 Å². The van der Waals surface area contributed by atoms with Crippen molar-refractivity contribution in [1.29, 1.82) is 0 Å². The van der Waals surface area contributed by atoms with Crippen LogP contribution < -0.4 is 0 Å². The van der Waals surface area contributed by atoms with Crippen LogP contribution in [-0.4, -0.2) is 9.55 Å². The molecule has 0 saturated carbocycles. The van der Waals surface area contributed by atoms with E-state index in [1.54, 1.807) is 0 Å². The molecule has 0 amide bonds. The first-order chi connectivity index (χ1) is 21.9. The third kappa shape index (κ3) is 4.24. The number of hydrogen-bond donors (Lipinski definition) is 0. The topological polar surface area (TPSA) is 17.8 Å². The first-order valence-electron chi connectivity index (χ1n) is 15.2. The second kappa shape index (κ2) is 11.2. The average molecular weight is 585 g/mol. The molecule has 1 aliphatic carbocycles. The molecule has 0 atom stereocenters. The summed E-state index contributed by atoms with van der Waals surface area (Å²) in [5.41, 5.74) is 5.86. The largest absolute Gasteiger partial charge is 0.309 e. The minimum Gasteiger partial charge on any atom is -0.309 e. The lowest BCUT2D eigenvalue weighted by molar-refractivity contribution is 1.03. The molecule has 0 fully saturated rings. The van der Waals surface area contributed by atoms with E-state index in [0.29, 0.717) is 0 Å². The van der Waals surface area contributed by atoms with Crippen LogP contribution in [0, 0.1) is 0 Å². The van der Waals surface area contributed by atoms with Crippen molar-refractivity contribution in [3.05, 3.63) is 176 Å². The zero-order valence-electron chi connectivity index (χ0n) is 24.4. The van der Waals surface area contributed by atoms with Gasteiger partial charge in [0.15, 0.2) is 0 Å². The number of nitrogens with zero attached hydrogens (tertiary/aromatic N) is 2. The fourth-order valence-corrected chi connectivity index (χ4v) is 10.7. The minimum absolute atomic E-state index is 1.03. The van der Waals surface area contributed by atoms with E-state index < -0.39 is 10.0 Å². The Bertz CT molecular complexity index is 2120. The van der Waals surface area contributed by atoms with Gasteiger partial charge in [0.05, 0.1) is 16.7 Å². The molecule has 2 nitrogen and oxygen atoms in total. The second-order valence-electron chi connectivity index (χ2n) is 11.1. The third-order valence-corrected chi connectivity index (χ3v) is 12.5. The Morgan fingerprint density at radius 2 is 1.20 bits per heavy atom. The first-order valence-corrected chi connectivity index (χ1v) is 16.8. The number of hydrogen-bond acceptors (Lipinski definition) is 1. The molecule has 2 heterocycles. The Morgan fingerprint density at radius 1 is 0.545 bits per heavy atom. The average Bonchev–Trinajstić information content (AvgIpc) is 3.44. The summed E-state index contributed by atoms with van der Waals surface area (Å²) in [6.45, 7) is 0. The van der Waals surface area contributed by atoms with E-state index in [1.807, 2.05) is 6.20 Å². The van der Waals surface area contributed by atoms with Crippen LogP contribution in [0.5, 0.6) is 0 Å². The number of fused-ring (bicyclic) bond motifs is 3. The van der Waals surface area contributed by atoms with Crippen molar-refractivity contribution >= 4 is 37.4 Å². The predicted octanol–water partition coefficient (Wildman–Crippen LogP) is 11.3. The lowest BCUT2D eigenvalue weighted by Crippen LogP contribution is -2.09. The predicted molar refractivity (Wildman–Crippen MR) is 185 cm³/mol. The van der Waals surface area contributed by atoms with Gasteiger partial charge in [0.25, 0.3) is 0 Å². The number of allylic oxidation sites excluding steroid dienone is 4. The number of aromatic nitrogens is 2. The molecule has 0 saturated heterocycles. The van der Waals surface area contributed by atoms with E-state index in [2.05, 4.69) is 168 Å². The molecular formula is C41H32N2S. The summed E-state index contributed by atoms with van der Waals surface area (Å²) in [6.07, 6.45) is 10.9. The Balaban J connectivity index is 1.51. The van der Waals surface area contributed by atoms with Gasteiger partial charge in [-0.1, -0.05) is 91.0 Å².